The van der Waals surface area contributed by atoms with Gasteiger partial charge in [-0.3, -0.25) is 10.1 Å². The zero-order valence-corrected chi connectivity index (χ0v) is 11.6. The monoisotopic (exact) mass is 300 g/mol. The fourth-order valence-corrected chi connectivity index (χ4v) is 3.65. The first kappa shape index (κ1) is 13.1. The third kappa shape index (κ3) is 2.92. The molecule has 2 aromatic rings. The molecule has 1 aromatic carbocycles. The lowest BCUT2D eigenvalue weighted by atomic mass is 10.3. The first-order chi connectivity index (χ1) is 8.60. The molecule has 0 amide bonds. The van der Waals surface area contributed by atoms with Crippen LogP contribution in [0.15, 0.2) is 31.8 Å². The molecule has 94 valence electrons. The molecule has 0 atom stereocenters. The summed E-state index contributed by atoms with van der Waals surface area (Å²) in [5.74, 6) is 0. The summed E-state index contributed by atoms with van der Waals surface area (Å²) in [6.07, 6.45) is 1.93. The van der Waals surface area contributed by atoms with Crippen molar-refractivity contribution in [3.63, 3.8) is 0 Å². The van der Waals surface area contributed by atoms with Crippen LogP contribution in [-0.2, 0) is 0 Å². The Morgan fingerprint density at radius 1 is 1.39 bits per heavy atom. The van der Waals surface area contributed by atoms with Crippen molar-refractivity contribution in [2.75, 3.05) is 12.0 Å². The molecule has 0 spiro atoms. The van der Waals surface area contributed by atoms with Crippen LogP contribution in [-0.4, -0.2) is 21.4 Å². The molecule has 0 unspecified atom stereocenters. The molecule has 0 aliphatic heterocycles. The van der Waals surface area contributed by atoms with Crippen molar-refractivity contribution in [1.82, 2.24) is 10.2 Å². The van der Waals surface area contributed by atoms with E-state index in [1.165, 1.54) is 40.9 Å². The molecule has 0 radical (unpaired) electrons. The number of rotatable bonds is 4. The van der Waals surface area contributed by atoms with Crippen LogP contribution in [0, 0.1) is 10.1 Å². The van der Waals surface area contributed by atoms with Gasteiger partial charge >= 0.3 is 0 Å². The zero-order chi connectivity index (χ0) is 13.1. The van der Waals surface area contributed by atoms with Gasteiger partial charge in [-0.15, -0.1) is 10.2 Å². The average molecular weight is 300 g/mol. The standard InChI is InChI=1S/C9H8N4O2S3/c1-16-8-11-12-9(18-8)17-5-2-3-7(13(14)15)6(10)4-5/h2-4H,10H2,1H3. The van der Waals surface area contributed by atoms with E-state index in [4.69, 9.17) is 5.73 Å². The third-order valence-electron chi connectivity index (χ3n) is 1.96. The first-order valence-electron chi connectivity index (χ1n) is 4.69. The van der Waals surface area contributed by atoms with Gasteiger partial charge < -0.3 is 5.73 Å². The van der Waals surface area contributed by atoms with E-state index in [2.05, 4.69) is 10.2 Å². The van der Waals surface area contributed by atoms with E-state index in [0.29, 0.717) is 0 Å². The number of nitrogen functional groups attached to an aromatic ring is 1. The van der Waals surface area contributed by atoms with Gasteiger partial charge in [0.15, 0.2) is 8.68 Å². The van der Waals surface area contributed by atoms with Gasteiger partial charge in [-0.2, -0.15) is 0 Å². The summed E-state index contributed by atoms with van der Waals surface area (Å²) in [7, 11) is 0. The Hall–Kier alpha value is -1.32. The highest BCUT2D eigenvalue weighted by atomic mass is 32.2. The molecule has 1 heterocycles. The minimum absolute atomic E-state index is 0.0820. The molecule has 0 aliphatic rings. The number of benzene rings is 1. The summed E-state index contributed by atoms with van der Waals surface area (Å²) in [4.78, 5) is 10.9. The summed E-state index contributed by atoms with van der Waals surface area (Å²) in [5, 5.41) is 18.6. The number of aromatic nitrogens is 2. The second-order valence-electron chi connectivity index (χ2n) is 3.12. The van der Waals surface area contributed by atoms with Gasteiger partial charge in [0.1, 0.15) is 5.69 Å². The number of nitrogens with zero attached hydrogens (tertiary/aromatic N) is 3. The average Bonchev–Trinajstić information content (AvgIpc) is 2.76. The van der Waals surface area contributed by atoms with Crippen LogP contribution in [0.2, 0.25) is 0 Å². The van der Waals surface area contributed by atoms with Crippen molar-refractivity contribution >= 4 is 46.2 Å². The van der Waals surface area contributed by atoms with Gasteiger partial charge in [0.05, 0.1) is 4.92 Å². The van der Waals surface area contributed by atoms with Gasteiger partial charge in [-0.1, -0.05) is 34.9 Å². The predicted octanol–water partition coefficient (Wildman–Crippen LogP) is 2.90. The third-order valence-corrected chi connectivity index (χ3v) is 4.90. The second kappa shape index (κ2) is 5.55. The van der Waals surface area contributed by atoms with Crippen molar-refractivity contribution in [2.24, 2.45) is 0 Å². The maximum Gasteiger partial charge on any atom is 0.292 e. The molecule has 0 fully saturated rings. The van der Waals surface area contributed by atoms with Gasteiger partial charge in [-0.05, 0) is 18.4 Å². The maximum atomic E-state index is 10.6. The lowest BCUT2D eigenvalue weighted by Gasteiger charge is -2.00. The van der Waals surface area contributed by atoms with Gasteiger partial charge in [0, 0.05) is 11.0 Å². The number of thioether (sulfide) groups is 1. The van der Waals surface area contributed by atoms with Crippen molar-refractivity contribution in [2.45, 2.75) is 13.6 Å². The summed E-state index contributed by atoms with van der Waals surface area (Å²) in [6, 6.07) is 4.62. The van der Waals surface area contributed by atoms with Gasteiger partial charge in [0.2, 0.25) is 0 Å². The first-order valence-corrected chi connectivity index (χ1v) is 7.55. The Morgan fingerprint density at radius 3 is 2.67 bits per heavy atom. The predicted molar refractivity (Wildman–Crippen MR) is 73.3 cm³/mol. The summed E-state index contributed by atoms with van der Waals surface area (Å²) < 4.78 is 1.67. The van der Waals surface area contributed by atoms with Crippen molar-refractivity contribution in [3.8, 4) is 0 Å². The Balaban J connectivity index is 2.19. The number of nitro benzene ring substituents is 1. The van der Waals surface area contributed by atoms with E-state index in [1.807, 2.05) is 6.26 Å². The summed E-state index contributed by atoms with van der Waals surface area (Å²) in [5.41, 5.74) is 5.69. The van der Waals surface area contributed by atoms with Crippen LogP contribution in [0.4, 0.5) is 11.4 Å². The Kier molecular flexibility index (Phi) is 4.04. The van der Waals surface area contributed by atoms with E-state index >= 15 is 0 Å². The minimum atomic E-state index is -0.499. The topological polar surface area (TPSA) is 94.9 Å². The van der Waals surface area contributed by atoms with Crippen molar-refractivity contribution in [3.05, 3.63) is 28.3 Å². The fourth-order valence-electron chi connectivity index (χ4n) is 1.18. The molecule has 0 saturated carbocycles. The lowest BCUT2D eigenvalue weighted by Crippen LogP contribution is -1.95. The highest BCUT2D eigenvalue weighted by Crippen LogP contribution is 2.35. The molecule has 1 aromatic heterocycles. The van der Waals surface area contributed by atoms with Gasteiger partial charge in [0.25, 0.3) is 5.69 Å². The summed E-state index contributed by atoms with van der Waals surface area (Å²) >= 11 is 4.39. The molecule has 2 N–H and O–H groups in total. The molecule has 18 heavy (non-hydrogen) atoms. The largest absolute Gasteiger partial charge is 0.393 e. The highest BCUT2D eigenvalue weighted by Gasteiger charge is 2.12. The Morgan fingerprint density at radius 2 is 2.11 bits per heavy atom. The fraction of sp³-hybridized carbons (Fsp3) is 0.111. The number of anilines is 1. The van der Waals surface area contributed by atoms with Crippen LogP contribution >= 0.6 is 34.9 Å². The Labute approximate surface area is 115 Å². The highest BCUT2D eigenvalue weighted by molar-refractivity contribution is 8.03. The summed E-state index contributed by atoms with van der Waals surface area (Å²) in [6.45, 7) is 0. The van der Waals surface area contributed by atoms with E-state index in [9.17, 15) is 10.1 Å². The molecule has 9 heteroatoms. The molecule has 0 saturated heterocycles. The normalized spacial score (nSPS) is 10.5. The molecule has 6 nitrogen and oxygen atoms in total. The molecular formula is C9H8N4O2S3. The van der Waals surface area contributed by atoms with Crippen molar-refractivity contribution in [1.29, 1.82) is 0 Å². The van der Waals surface area contributed by atoms with Crippen LogP contribution in [0.3, 0.4) is 0 Å². The lowest BCUT2D eigenvalue weighted by molar-refractivity contribution is -0.383. The number of nitro groups is 1. The van der Waals surface area contributed by atoms with E-state index in [1.54, 1.807) is 12.1 Å². The SMILES string of the molecule is CSc1nnc(Sc2ccc([N+](=O)[O-])c(N)c2)s1. The number of nitrogens with two attached hydrogens (primary N) is 1. The maximum absolute atomic E-state index is 10.6. The zero-order valence-electron chi connectivity index (χ0n) is 9.19. The van der Waals surface area contributed by atoms with E-state index in [-0.39, 0.29) is 11.4 Å². The van der Waals surface area contributed by atoms with Crippen LogP contribution in [0.25, 0.3) is 0 Å². The molecular weight excluding hydrogens is 292 g/mol. The number of hydrogen-bond acceptors (Lipinski definition) is 8. The molecule has 0 aliphatic carbocycles. The molecule has 2 rings (SSSR count). The Bertz CT molecular complexity index is 587. The van der Waals surface area contributed by atoms with Crippen LogP contribution in [0.5, 0.6) is 0 Å². The second-order valence-corrected chi connectivity index (χ2v) is 6.47. The smallest absolute Gasteiger partial charge is 0.292 e. The quantitative estimate of drug-likeness (QED) is 0.401. The van der Waals surface area contributed by atoms with Crippen LogP contribution in [0.1, 0.15) is 0 Å². The van der Waals surface area contributed by atoms with E-state index < -0.39 is 4.92 Å². The van der Waals surface area contributed by atoms with E-state index in [0.717, 1.165) is 13.6 Å². The van der Waals surface area contributed by atoms with Gasteiger partial charge in [-0.25, -0.2) is 0 Å². The minimum Gasteiger partial charge on any atom is -0.393 e. The molecule has 0 bridgehead atoms. The number of hydrogen-bond donors (Lipinski definition) is 1. The van der Waals surface area contributed by atoms with Crippen molar-refractivity contribution < 1.29 is 4.92 Å². The van der Waals surface area contributed by atoms with Crippen LogP contribution < -0.4 is 5.73 Å².